The molecule has 3 aromatic heterocycles. The Hall–Kier alpha value is -6.65. The van der Waals surface area contributed by atoms with Crippen LogP contribution in [-0.2, 0) is 4.74 Å². The molecule has 5 aromatic rings. The smallest absolute Gasteiger partial charge is 0.149 e. The van der Waals surface area contributed by atoms with E-state index < -0.39 is 0 Å². The van der Waals surface area contributed by atoms with Crippen LogP contribution < -0.4 is 0 Å². The number of hydrogen-bond donors (Lipinski definition) is 0. The number of para-hydroxylation sites is 2. The highest BCUT2D eigenvalue weighted by atomic mass is 16.5. The Balaban J connectivity index is 2.38. The van der Waals surface area contributed by atoms with E-state index in [1.165, 1.54) is 0 Å². The Labute approximate surface area is 294 Å². The van der Waals surface area contributed by atoms with Crippen molar-refractivity contribution in [3.05, 3.63) is 195 Å². The molecule has 0 N–H and O–H groups in total. The van der Waals surface area contributed by atoms with Gasteiger partial charge in [-0.1, -0.05) is 150 Å². The molecule has 0 radical (unpaired) electrons. The molecule has 0 aliphatic heterocycles. The summed E-state index contributed by atoms with van der Waals surface area (Å²) in [6.07, 6.45) is 29.9. The first-order chi connectivity index (χ1) is 24.5. The second-order valence-electron chi connectivity index (χ2n) is 11.1. The second-order valence-corrected chi connectivity index (χ2v) is 11.1. The van der Waals surface area contributed by atoms with Gasteiger partial charge in [-0.05, 0) is 36.4 Å². The maximum absolute atomic E-state index is 5.92. The molecular weight excluding hydrogens is 611 g/mol. The predicted molar refractivity (Wildman–Crippen MR) is 221 cm³/mol. The summed E-state index contributed by atoms with van der Waals surface area (Å²) >= 11 is 0. The van der Waals surface area contributed by atoms with Gasteiger partial charge in [0.05, 0.1) is 46.3 Å². The maximum atomic E-state index is 5.92. The Morgan fingerprint density at radius 3 is 1.74 bits per heavy atom. The highest BCUT2D eigenvalue weighted by Gasteiger charge is 2.23. The van der Waals surface area contributed by atoms with Crippen molar-refractivity contribution < 1.29 is 4.74 Å². The van der Waals surface area contributed by atoms with Crippen LogP contribution in [0.5, 0.6) is 0 Å². The fourth-order valence-corrected chi connectivity index (χ4v) is 6.50. The van der Waals surface area contributed by atoms with Crippen LogP contribution in [0.25, 0.3) is 74.7 Å². The quantitative estimate of drug-likeness (QED) is 0.0884. The molecule has 0 unspecified atom stereocenters. The number of fused-ring (bicyclic) bond motifs is 1. The van der Waals surface area contributed by atoms with E-state index in [0.29, 0.717) is 11.6 Å². The summed E-state index contributed by atoms with van der Waals surface area (Å²) in [6, 6.07) is 12.6. The fraction of sp³-hybridized carbons (Fsp3) is 0.0217. The van der Waals surface area contributed by atoms with E-state index in [1.807, 2.05) is 72.9 Å². The SMILES string of the molecule is C=C/C=C\c1c(C=C)c(/C=C\C=C)n2c(C(=C/C=C)/C(=C\C=C)OC)nc3cccc(c4cccc5c(C=C)c(/C=C\C=C)n(c1C=C)c54)c32. The molecule has 0 bridgehead atoms. The lowest BCUT2D eigenvalue weighted by Gasteiger charge is -2.16. The van der Waals surface area contributed by atoms with Gasteiger partial charge in [0.15, 0.2) is 0 Å². The molecule has 0 atom stereocenters. The van der Waals surface area contributed by atoms with Gasteiger partial charge in [-0.25, -0.2) is 4.98 Å². The standard InChI is InChI=1S/C46H41N3O/c1-10-18-25-34-32(15-6)42(31-20-12-3)49-45-37(28-22-29-39(45)47-46(49)38(23-13-4)43(50-9)24-14-5)36-27-21-26-35-33(16-7)41(30-19-11-2)48(44(35)36)40(34)17-8/h10-31H,1-8H2,9H3/b25-18-,30-19-,31-20-,38-23+,40-34?,42-32?,43-24+. The van der Waals surface area contributed by atoms with Crippen molar-refractivity contribution in [2.45, 2.75) is 0 Å². The van der Waals surface area contributed by atoms with Crippen LogP contribution in [0.4, 0.5) is 0 Å². The molecule has 50 heavy (non-hydrogen) atoms. The average Bonchev–Trinajstić information content (AvgIpc) is 3.68. The number of methoxy groups -OCH3 is 1. The highest BCUT2D eigenvalue weighted by Crippen LogP contribution is 2.39. The molecule has 3 heterocycles. The molecule has 4 heteroatoms. The van der Waals surface area contributed by atoms with Crippen LogP contribution >= 0.6 is 0 Å². The van der Waals surface area contributed by atoms with Crippen LogP contribution in [0.1, 0.15) is 39.6 Å². The Morgan fingerprint density at radius 1 is 0.580 bits per heavy atom. The molecule has 2 aromatic carbocycles. The highest BCUT2D eigenvalue weighted by molar-refractivity contribution is 6.15. The summed E-state index contributed by atoms with van der Waals surface area (Å²) in [5.74, 6) is 1.22. The van der Waals surface area contributed by atoms with Gasteiger partial charge in [0.25, 0.3) is 0 Å². The monoisotopic (exact) mass is 651 g/mol. The first kappa shape index (κ1) is 34.7. The zero-order valence-electron chi connectivity index (χ0n) is 28.6. The van der Waals surface area contributed by atoms with Gasteiger partial charge < -0.3 is 9.14 Å². The third-order valence-corrected chi connectivity index (χ3v) is 8.42. The summed E-state index contributed by atoms with van der Waals surface area (Å²) in [5.41, 5.74) is 8.62. The minimum Gasteiger partial charge on any atom is -0.496 e. The van der Waals surface area contributed by atoms with E-state index in [2.05, 4.69) is 91.8 Å². The van der Waals surface area contributed by atoms with Crippen molar-refractivity contribution in [3.8, 4) is 0 Å². The van der Waals surface area contributed by atoms with E-state index in [4.69, 9.17) is 9.72 Å². The minimum absolute atomic E-state index is 0.580. The fourth-order valence-electron chi connectivity index (χ4n) is 6.50. The summed E-state index contributed by atoms with van der Waals surface area (Å²) in [6.45, 7) is 32.9. The molecule has 0 aliphatic carbocycles. The number of aromatic nitrogens is 3. The van der Waals surface area contributed by atoms with E-state index in [9.17, 15) is 0 Å². The molecule has 4 nitrogen and oxygen atoms in total. The zero-order chi connectivity index (χ0) is 35.8. The predicted octanol–water partition coefficient (Wildman–Crippen LogP) is 12.3. The summed E-state index contributed by atoms with van der Waals surface area (Å²) in [7, 11) is 1.63. The molecule has 0 saturated carbocycles. The lowest BCUT2D eigenvalue weighted by atomic mass is 10.0. The van der Waals surface area contributed by atoms with Crippen LogP contribution in [0.15, 0.2) is 156 Å². The van der Waals surface area contributed by atoms with Gasteiger partial charge >= 0.3 is 0 Å². The summed E-state index contributed by atoms with van der Waals surface area (Å²) in [4.78, 5) is 5.30. The first-order valence-electron chi connectivity index (χ1n) is 16.1. The molecular formula is C46H41N3O. The van der Waals surface area contributed by atoms with Crippen LogP contribution in [0.3, 0.4) is 0 Å². The van der Waals surface area contributed by atoms with Crippen LogP contribution in [0, 0.1) is 0 Å². The largest absolute Gasteiger partial charge is 0.496 e. The Kier molecular flexibility index (Phi) is 10.8. The third-order valence-electron chi connectivity index (χ3n) is 8.42. The number of ether oxygens (including phenoxy) is 1. The Morgan fingerprint density at radius 2 is 1.16 bits per heavy atom. The number of nitrogens with zero attached hydrogens (tertiary/aromatic N) is 3. The van der Waals surface area contributed by atoms with Gasteiger partial charge in [-0.3, -0.25) is 4.40 Å². The van der Waals surface area contributed by atoms with Gasteiger partial charge in [-0.2, -0.15) is 0 Å². The van der Waals surface area contributed by atoms with Gasteiger partial charge in [0.1, 0.15) is 11.6 Å². The van der Waals surface area contributed by atoms with E-state index in [1.54, 1.807) is 37.5 Å². The molecule has 0 saturated heterocycles. The molecule has 0 aliphatic rings. The molecule has 0 amide bonds. The molecule has 0 spiro atoms. The number of hydrogen-bond acceptors (Lipinski definition) is 2. The molecule has 246 valence electrons. The first-order valence-corrected chi connectivity index (χ1v) is 16.1. The molecule has 0 fully saturated rings. The molecule has 5 rings (SSSR count). The van der Waals surface area contributed by atoms with Crippen molar-refractivity contribution in [1.82, 2.24) is 13.8 Å². The van der Waals surface area contributed by atoms with Gasteiger partial charge in [-0.15, -0.1) is 0 Å². The average molecular weight is 652 g/mol. The van der Waals surface area contributed by atoms with Crippen molar-refractivity contribution >= 4 is 74.7 Å². The zero-order valence-corrected chi connectivity index (χ0v) is 28.6. The van der Waals surface area contributed by atoms with Crippen molar-refractivity contribution in [1.29, 1.82) is 0 Å². The second kappa shape index (κ2) is 15.5. The summed E-state index contributed by atoms with van der Waals surface area (Å²) < 4.78 is 10.3. The number of allylic oxidation sites excluding steroid dienone is 11. The van der Waals surface area contributed by atoms with E-state index in [0.717, 1.165) is 72.1 Å². The third kappa shape index (κ3) is 5.84. The summed E-state index contributed by atoms with van der Waals surface area (Å²) in [5, 5.41) is 3.02. The van der Waals surface area contributed by atoms with Crippen LogP contribution in [0.2, 0.25) is 0 Å². The number of rotatable bonds is 14. The van der Waals surface area contributed by atoms with Crippen molar-refractivity contribution in [2.75, 3.05) is 7.11 Å². The van der Waals surface area contributed by atoms with Crippen molar-refractivity contribution in [2.24, 2.45) is 0 Å². The van der Waals surface area contributed by atoms with Gasteiger partial charge in [0, 0.05) is 32.8 Å². The maximum Gasteiger partial charge on any atom is 0.149 e. The number of benzene rings is 2. The van der Waals surface area contributed by atoms with E-state index in [-0.39, 0.29) is 0 Å². The van der Waals surface area contributed by atoms with Gasteiger partial charge in [0.2, 0.25) is 0 Å². The van der Waals surface area contributed by atoms with E-state index >= 15 is 0 Å². The van der Waals surface area contributed by atoms with Crippen molar-refractivity contribution in [3.63, 3.8) is 0 Å². The normalized spacial score (nSPS) is 12.3. The lowest BCUT2D eigenvalue weighted by molar-refractivity contribution is 0.310. The van der Waals surface area contributed by atoms with Crippen LogP contribution in [-0.4, -0.2) is 20.9 Å². The topological polar surface area (TPSA) is 30.9 Å². The number of imidazole rings is 1. The minimum atomic E-state index is 0.580. The Bertz CT molecular complexity index is 2440. The lowest BCUT2D eigenvalue weighted by Crippen LogP contribution is -2.05.